The molecule has 1 aliphatic rings. The minimum absolute atomic E-state index is 0.0237. The number of carbonyl (C=O) groups is 3. The molecule has 1 aromatic heterocycles. The van der Waals surface area contributed by atoms with Crippen molar-refractivity contribution in [1.29, 1.82) is 0 Å². The highest BCUT2D eigenvalue weighted by Crippen LogP contribution is 2.39. The molecule has 8 heteroatoms. The Morgan fingerprint density at radius 2 is 0.897 bits per heavy atom. The molecular weight excluding hydrogens is 725 g/mol. The van der Waals surface area contributed by atoms with Crippen LogP contribution in [0.25, 0.3) is 0 Å². The first-order valence-corrected chi connectivity index (χ1v) is 24.0. The molecule has 0 spiro atoms. The number of rotatable bonds is 36. The Morgan fingerprint density at radius 3 is 1.26 bits per heavy atom. The summed E-state index contributed by atoms with van der Waals surface area (Å²) in [7, 11) is 0. The smallest absolute Gasteiger partial charge is 0.372 e. The van der Waals surface area contributed by atoms with Gasteiger partial charge in [0.1, 0.15) is 0 Å². The van der Waals surface area contributed by atoms with Gasteiger partial charge in [0.2, 0.25) is 6.54 Å². The lowest BCUT2D eigenvalue weighted by atomic mass is 9.81. The lowest BCUT2D eigenvalue weighted by Crippen LogP contribution is -2.39. The van der Waals surface area contributed by atoms with Crippen LogP contribution in [0.15, 0.2) is 47.1 Å². The van der Waals surface area contributed by atoms with Crippen LogP contribution in [0.5, 0.6) is 0 Å². The number of dihydropyridines is 1. The molecule has 0 amide bonds. The van der Waals surface area contributed by atoms with Crippen molar-refractivity contribution in [2.75, 3.05) is 19.8 Å². The van der Waals surface area contributed by atoms with Crippen molar-refractivity contribution in [3.05, 3.63) is 52.6 Å². The van der Waals surface area contributed by atoms with Gasteiger partial charge in [-0.15, -0.1) is 0 Å². The summed E-state index contributed by atoms with van der Waals surface area (Å²) in [4.78, 5) is 40.1. The van der Waals surface area contributed by atoms with Gasteiger partial charge >= 0.3 is 17.9 Å². The van der Waals surface area contributed by atoms with E-state index in [9.17, 15) is 14.4 Å². The van der Waals surface area contributed by atoms with E-state index < -0.39 is 17.9 Å². The number of allylic oxidation sites excluding steroid dienone is 2. The molecule has 0 unspecified atom stereocenters. The molecule has 58 heavy (non-hydrogen) atoms. The van der Waals surface area contributed by atoms with Crippen molar-refractivity contribution >= 4 is 17.9 Å². The number of pyridine rings is 1. The maximum Gasteiger partial charge on any atom is 0.372 e. The van der Waals surface area contributed by atoms with Gasteiger partial charge in [-0.1, -0.05) is 181 Å². The van der Waals surface area contributed by atoms with Crippen molar-refractivity contribution in [3.63, 3.8) is 0 Å². The first kappa shape index (κ1) is 51.0. The number of ether oxygens (including phenoxy) is 3. The number of unbranched alkanes of at least 4 members (excludes halogenated alkanes) is 26. The van der Waals surface area contributed by atoms with E-state index in [4.69, 9.17) is 14.2 Å². The standard InChI is InChI=1S/C50H84N2O6/c1-6-9-11-13-15-17-19-21-23-25-27-29-31-33-38-57-49(54)46-42(4)51-43(5)47(48(46)44-36-35-37-52(40-44)41-45(53)56-8-3)50(55)58-39-34-32-30-28-26-24-22-20-18-16-14-12-10-7-2/h35-37,40,48H,6-34,38-39,41H2,1-5H3/p+1. The molecule has 1 aliphatic heterocycles. The zero-order valence-electron chi connectivity index (χ0n) is 37.9. The highest BCUT2D eigenvalue weighted by atomic mass is 16.5. The molecule has 2 rings (SSSR count). The number of nitrogens with one attached hydrogen (secondary N) is 1. The van der Waals surface area contributed by atoms with Crippen molar-refractivity contribution in [2.24, 2.45) is 0 Å². The van der Waals surface area contributed by atoms with Crippen LogP contribution < -0.4 is 9.88 Å². The average molecular weight is 810 g/mol. The van der Waals surface area contributed by atoms with E-state index in [1.54, 1.807) is 17.7 Å². The summed E-state index contributed by atoms with van der Waals surface area (Å²) >= 11 is 0. The summed E-state index contributed by atoms with van der Waals surface area (Å²) in [5.41, 5.74) is 2.80. The van der Waals surface area contributed by atoms with E-state index in [0.29, 0.717) is 47.9 Å². The van der Waals surface area contributed by atoms with Crippen LogP contribution in [0.1, 0.15) is 226 Å². The normalized spacial score (nSPS) is 13.2. The molecule has 1 N–H and O–H groups in total. The molecule has 0 fully saturated rings. The minimum atomic E-state index is -0.705. The van der Waals surface area contributed by atoms with Crippen LogP contribution in [-0.2, 0) is 35.1 Å². The van der Waals surface area contributed by atoms with Crippen LogP contribution in [0, 0.1) is 0 Å². The maximum absolute atomic E-state index is 13.9. The van der Waals surface area contributed by atoms with Gasteiger partial charge in [-0.3, -0.25) is 0 Å². The van der Waals surface area contributed by atoms with Gasteiger partial charge in [-0.05, 0) is 39.7 Å². The Labute approximate surface area is 354 Å². The molecule has 1 aromatic rings. The van der Waals surface area contributed by atoms with Gasteiger partial charge < -0.3 is 19.5 Å². The van der Waals surface area contributed by atoms with Gasteiger partial charge in [-0.25, -0.2) is 14.4 Å². The number of aromatic nitrogens is 1. The fraction of sp³-hybridized carbons (Fsp3) is 0.760. The lowest BCUT2D eigenvalue weighted by Gasteiger charge is -2.30. The molecule has 0 saturated heterocycles. The van der Waals surface area contributed by atoms with E-state index in [0.717, 1.165) is 38.5 Å². The Hall–Kier alpha value is -3.16. The van der Waals surface area contributed by atoms with Crippen molar-refractivity contribution in [3.8, 4) is 0 Å². The fourth-order valence-corrected chi connectivity index (χ4v) is 8.11. The monoisotopic (exact) mass is 810 g/mol. The van der Waals surface area contributed by atoms with Crippen LogP contribution in [0.3, 0.4) is 0 Å². The third kappa shape index (κ3) is 22.3. The summed E-state index contributed by atoms with van der Waals surface area (Å²) in [6.45, 7) is 11.0. The summed E-state index contributed by atoms with van der Waals surface area (Å²) in [6.07, 6.45) is 38.9. The zero-order valence-corrected chi connectivity index (χ0v) is 37.9. The summed E-state index contributed by atoms with van der Waals surface area (Å²) in [5, 5.41) is 3.29. The summed E-state index contributed by atoms with van der Waals surface area (Å²) in [6, 6.07) is 3.72. The molecule has 0 aromatic carbocycles. The Kier molecular flexibility index (Phi) is 29.6. The molecule has 0 saturated carbocycles. The van der Waals surface area contributed by atoms with E-state index in [1.807, 2.05) is 32.2 Å². The molecule has 8 nitrogen and oxygen atoms in total. The Morgan fingerprint density at radius 1 is 0.534 bits per heavy atom. The van der Waals surface area contributed by atoms with Crippen LogP contribution in [-0.4, -0.2) is 37.7 Å². The lowest BCUT2D eigenvalue weighted by molar-refractivity contribution is -0.686. The number of esters is 3. The predicted octanol–water partition coefficient (Wildman–Crippen LogP) is 12.8. The fourth-order valence-electron chi connectivity index (χ4n) is 8.11. The topological polar surface area (TPSA) is 94.8 Å². The number of nitrogens with zero attached hydrogens (tertiary/aromatic N) is 1. The summed E-state index contributed by atoms with van der Waals surface area (Å²) in [5.74, 6) is -1.93. The highest BCUT2D eigenvalue weighted by Gasteiger charge is 2.39. The predicted molar refractivity (Wildman–Crippen MR) is 237 cm³/mol. The molecule has 330 valence electrons. The number of hydrogen-bond donors (Lipinski definition) is 1. The van der Waals surface area contributed by atoms with Crippen molar-refractivity contribution < 1.29 is 33.2 Å². The van der Waals surface area contributed by atoms with Gasteiger partial charge in [0.15, 0.2) is 12.4 Å². The molecule has 0 bridgehead atoms. The van der Waals surface area contributed by atoms with Crippen LogP contribution in [0.2, 0.25) is 0 Å². The van der Waals surface area contributed by atoms with E-state index >= 15 is 0 Å². The van der Waals surface area contributed by atoms with Crippen LogP contribution >= 0.6 is 0 Å². The van der Waals surface area contributed by atoms with Crippen molar-refractivity contribution in [1.82, 2.24) is 5.32 Å². The molecule has 0 aliphatic carbocycles. The average Bonchev–Trinajstić information content (AvgIpc) is 3.20. The number of carbonyl (C=O) groups excluding carboxylic acids is 3. The molecule has 0 atom stereocenters. The second kappa shape index (κ2) is 33.6. The quantitative estimate of drug-likeness (QED) is 0.0312. The van der Waals surface area contributed by atoms with E-state index in [1.165, 1.54) is 141 Å². The first-order valence-electron chi connectivity index (χ1n) is 24.0. The second-order valence-corrected chi connectivity index (χ2v) is 16.7. The third-order valence-electron chi connectivity index (χ3n) is 11.5. The SMILES string of the molecule is CCCCCCCCCCCCCCCCOC(=O)C1=C(C)NC(C)=C(C(=O)OCCCCCCCCCCCCCCCC)C1c1ccc[n+](CC(=O)OCC)c1. The maximum atomic E-state index is 13.9. The van der Waals surface area contributed by atoms with Gasteiger partial charge in [0.05, 0.1) is 36.9 Å². The van der Waals surface area contributed by atoms with Gasteiger partial charge in [-0.2, -0.15) is 4.57 Å². The third-order valence-corrected chi connectivity index (χ3v) is 11.5. The van der Waals surface area contributed by atoms with E-state index in [-0.39, 0.29) is 12.5 Å². The first-order chi connectivity index (χ1) is 28.3. The minimum Gasteiger partial charge on any atom is -0.462 e. The van der Waals surface area contributed by atoms with Gasteiger partial charge in [0.25, 0.3) is 0 Å². The molecule has 2 heterocycles. The zero-order chi connectivity index (χ0) is 42.1. The van der Waals surface area contributed by atoms with Gasteiger partial charge in [0, 0.05) is 23.0 Å². The highest BCUT2D eigenvalue weighted by molar-refractivity contribution is 5.99. The van der Waals surface area contributed by atoms with Crippen LogP contribution in [0.4, 0.5) is 0 Å². The second-order valence-electron chi connectivity index (χ2n) is 16.7. The largest absolute Gasteiger partial charge is 0.462 e. The Balaban J connectivity index is 1.89. The molecular formula is C50H85N2O6+. The Bertz CT molecular complexity index is 1270. The van der Waals surface area contributed by atoms with Crippen molar-refractivity contribution in [2.45, 2.75) is 227 Å². The van der Waals surface area contributed by atoms with E-state index in [2.05, 4.69) is 19.2 Å². The molecule has 0 radical (unpaired) electrons. The number of hydrogen-bond acceptors (Lipinski definition) is 7. The summed E-state index contributed by atoms with van der Waals surface area (Å²) < 4.78 is 18.7.